The number of nitrogens with zero attached hydrogens (tertiary/aromatic N) is 2. The van der Waals surface area contributed by atoms with Gasteiger partial charge in [0.2, 0.25) is 17.8 Å². The number of piperidine rings is 1. The molecule has 1 aromatic heterocycles. The maximum Gasteiger partial charge on any atom is 0.258 e. The van der Waals surface area contributed by atoms with Crippen LogP contribution in [0.3, 0.4) is 0 Å². The second-order valence-electron chi connectivity index (χ2n) is 7.68. The molecule has 1 aromatic carbocycles. The number of fused-ring (bicyclic) bond motifs is 1. The molecular weight excluding hydrogens is 406 g/mol. The van der Waals surface area contributed by atoms with Crippen LogP contribution in [0.5, 0.6) is 0 Å². The lowest BCUT2D eigenvalue weighted by molar-refractivity contribution is -0.123. The summed E-state index contributed by atoms with van der Waals surface area (Å²) in [5, 5.41) is 5.77. The normalized spacial score (nSPS) is 21.0. The van der Waals surface area contributed by atoms with Crippen molar-refractivity contribution in [1.82, 2.24) is 9.97 Å². The molecule has 1 fully saturated rings. The number of aromatic nitrogens is 2. The first-order valence-electron chi connectivity index (χ1n) is 10.2. The SMILES string of the molecule is CC[C@@H]1CCCCN1c1nc2c(c(=O)[nH]1)[C@@H](C(=O)Nc1ccccc1Cl)CC(=O)N2. The zero-order chi connectivity index (χ0) is 21.3. The van der Waals surface area contributed by atoms with Crippen molar-refractivity contribution in [3.8, 4) is 0 Å². The number of nitrogens with one attached hydrogen (secondary N) is 3. The third kappa shape index (κ3) is 3.92. The van der Waals surface area contributed by atoms with Crippen LogP contribution >= 0.6 is 11.6 Å². The van der Waals surface area contributed by atoms with Crippen LogP contribution in [0.1, 0.15) is 50.5 Å². The minimum absolute atomic E-state index is 0.130. The van der Waals surface area contributed by atoms with E-state index < -0.39 is 17.4 Å². The van der Waals surface area contributed by atoms with Gasteiger partial charge in [0.15, 0.2) is 0 Å². The van der Waals surface area contributed by atoms with Crippen molar-refractivity contribution in [3.05, 3.63) is 45.2 Å². The van der Waals surface area contributed by atoms with Gasteiger partial charge in [-0.25, -0.2) is 0 Å². The van der Waals surface area contributed by atoms with E-state index >= 15 is 0 Å². The average molecular weight is 430 g/mol. The van der Waals surface area contributed by atoms with Gasteiger partial charge in [-0.1, -0.05) is 30.7 Å². The number of hydrogen-bond acceptors (Lipinski definition) is 5. The van der Waals surface area contributed by atoms with Gasteiger partial charge in [-0.05, 0) is 37.8 Å². The molecule has 0 saturated carbocycles. The number of benzene rings is 1. The molecule has 2 atom stereocenters. The first-order valence-corrected chi connectivity index (χ1v) is 10.6. The summed E-state index contributed by atoms with van der Waals surface area (Å²) in [6, 6.07) is 7.10. The predicted octanol–water partition coefficient (Wildman–Crippen LogP) is 3.26. The Balaban J connectivity index is 1.67. The molecule has 3 heterocycles. The molecule has 2 aliphatic heterocycles. The fraction of sp³-hybridized carbons (Fsp3) is 0.429. The number of hydrogen-bond donors (Lipinski definition) is 3. The van der Waals surface area contributed by atoms with Gasteiger partial charge in [-0.3, -0.25) is 19.4 Å². The van der Waals surface area contributed by atoms with Crippen LogP contribution in [0.15, 0.2) is 29.1 Å². The second kappa shape index (κ2) is 8.47. The van der Waals surface area contributed by atoms with Crippen LogP contribution in [0.25, 0.3) is 0 Å². The lowest BCUT2D eigenvalue weighted by Gasteiger charge is -2.36. The molecule has 2 amide bonds. The predicted molar refractivity (Wildman–Crippen MR) is 116 cm³/mol. The third-order valence-electron chi connectivity index (χ3n) is 5.76. The molecule has 8 nitrogen and oxygen atoms in total. The Morgan fingerprint density at radius 2 is 2.10 bits per heavy atom. The first kappa shape index (κ1) is 20.4. The zero-order valence-electron chi connectivity index (χ0n) is 16.7. The highest BCUT2D eigenvalue weighted by atomic mass is 35.5. The first-order chi connectivity index (χ1) is 14.5. The molecule has 2 aliphatic rings. The van der Waals surface area contributed by atoms with E-state index in [9.17, 15) is 14.4 Å². The third-order valence-corrected chi connectivity index (χ3v) is 6.09. The van der Waals surface area contributed by atoms with Gasteiger partial charge in [0, 0.05) is 19.0 Å². The molecule has 158 valence electrons. The van der Waals surface area contributed by atoms with Crippen LogP contribution in [0.2, 0.25) is 5.02 Å². The van der Waals surface area contributed by atoms with Crippen molar-refractivity contribution in [2.24, 2.45) is 0 Å². The number of halogens is 1. The fourth-order valence-corrected chi connectivity index (χ4v) is 4.39. The summed E-state index contributed by atoms with van der Waals surface area (Å²) in [6.07, 6.45) is 4.01. The molecule has 0 spiro atoms. The molecule has 2 aromatic rings. The number of H-pyrrole nitrogens is 1. The number of para-hydroxylation sites is 1. The minimum atomic E-state index is -0.946. The zero-order valence-corrected chi connectivity index (χ0v) is 17.5. The Morgan fingerprint density at radius 1 is 1.30 bits per heavy atom. The van der Waals surface area contributed by atoms with Gasteiger partial charge >= 0.3 is 0 Å². The number of aromatic amines is 1. The van der Waals surface area contributed by atoms with Crippen molar-refractivity contribution in [3.63, 3.8) is 0 Å². The number of anilines is 3. The van der Waals surface area contributed by atoms with Gasteiger partial charge in [-0.15, -0.1) is 0 Å². The summed E-state index contributed by atoms with van der Waals surface area (Å²) in [5.41, 5.74) is 0.194. The Kier molecular flexibility index (Phi) is 5.76. The number of carbonyl (C=O) groups is 2. The molecule has 0 radical (unpaired) electrons. The Morgan fingerprint density at radius 3 is 2.87 bits per heavy atom. The van der Waals surface area contributed by atoms with Crippen LogP contribution < -0.4 is 21.1 Å². The average Bonchev–Trinajstić information content (AvgIpc) is 2.74. The van der Waals surface area contributed by atoms with Crippen LogP contribution in [-0.4, -0.2) is 34.4 Å². The summed E-state index contributed by atoms with van der Waals surface area (Å²) < 4.78 is 0. The molecule has 0 aliphatic carbocycles. The molecule has 4 rings (SSSR count). The number of rotatable bonds is 4. The Labute approximate surface area is 179 Å². The monoisotopic (exact) mass is 429 g/mol. The van der Waals surface area contributed by atoms with Crippen LogP contribution in [-0.2, 0) is 9.59 Å². The molecule has 3 N–H and O–H groups in total. The second-order valence-corrected chi connectivity index (χ2v) is 8.08. The van der Waals surface area contributed by atoms with Crippen molar-refractivity contribution in [1.29, 1.82) is 0 Å². The lowest BCUT2D eigenvalue weighted by atomic mass is 9.92. The Bertz CT molecular complexity index is 1040. The van der Waals surface area contributed by atoms with Gasteiger partial charge in [0.05, 0.1) is 22.2 Å². The van der Waals surface area contributed by atoms with Gasteiger partial charge < -0.3 is 15.5 Å². The van der Waals surface area contributed by atoms with E-state index in [0.717, 1.165) is 32.2 Å². The van der Waals surface area contributed by atoms with Crippen LogP contribution in [0, 0.1) is 0 Å². The van der Waals surface area contributed by atoms with Gasteiger partial charge in [0.25, 0.3) is 5.56 Å². The van der Waals surface area contributed by atoms with E-state index in [2.05, 4.69) is 32.4 Å². The smallest absolute Gasteiger partial charge is 0.258 e. The minimum Gasteiger partial charge on any atom is -0.339 e. The van der Waals surface area contributed by atoms with Crippen LogP contribution in [0.4, 0.5) is 17.5 Å². The van der Waals surface area contributed by atoms with E-state index in [1.807, 2.05) is 0 Å². The van der Waals surface area contributed by atoms with Gasteiger partial charge in [0.1, 0.15) is 5.82 Å². The summed E-state index contributed by atoms with van der Waals surface area (Å²) >= 11 is 6.12. The summed E-state index contributed by atoms with van der Waals surface area (Å²) in [5.74, 6) is -1.17. The van der Waals surface area contributed by atoms with Crippen molar-refractivity contribution < 1.29 is 9.59 Å². The summed E-state index contributed by atoms with van der Waals surface area (Å²) in [6.45, 7) is 2.90. The number of carbonyl (C=O) groups excluding carboxylic acids is 2. The molecule has 0 bridgehead atoms. The largest absolute Gasteiger partial charge is 0.339 e. The quantitative estimate of drug-likeness (QED) is 0.691. The topological polar surface area (TPSA) is 107 Å². The van der Waals surface area contributed by atoms with Gasteiger partial charge in [-0.2, -0.15) is 4.98 Å². The van der Waals surface area contributed by atoms with E-state index in [4.69, 9.17) is 11.6 Å². The van der Waals surface area contributed by atoms with Crippen molar-refractivity contribution in [2.75, 3.05) is 22.1 Å². The lowest BCUT2D eigenvalue weighted by Crippen LogP contribution is -2.43. The van der Waals surface area contributed by atoms with Crippen molar-refractivity contribution in [2.45, 2.75) is 51.0 Å². The molecule has 1 saturated heterocycles. The highest BCUT2D eigenvalue weighted by Crippen LogP contribution is 2.32. The maximum atomic E-state index is 13.0. The van der Waals surface area contributed by atoms with E-state index in [1.54, 1.807) is 24.3 Å². The number of amides is 2. The molecular formula is C21H24ClN5O3. The Hall–Kier alpha value is -2.87. The summed E-state index contributed by atoms with van der Waals surface area (Å²) in [7, 11) is 0. The highest BCUT2D eigenvalue weighted by molar-refractivity contribution is 6.33. The maximum absolute atomic E-state index is 13.0. The summed E-state index contributed by atoms with van der Waals surface area (Å²) in [4.78, 5) is 47.7. The van der Waals surface area contributed by atoms with Crippen molar-refractivity contribution >= 4 is 40.9 Å². The standard InChI is InChI=1S/C21H24ClN5O3/c1-2-12-7-5-6-10-27(12)21-25-18-17(20(30)26-21)13(11-16(28)24-18)19(29)23-15-9-4-3-8-14(15)22/h3-4,8-9,12-13H,2,5-7,10-11H2,1H3,(H,23,29)(H2,24,25,26,28,30)/t12-,13+/m1/s1. The van der Waals surface area contributed by atoms with E-state index in [1.165, 1.54) is 0 Å². The molecule has 0 unspecified atom stereocenters. The molecule has 9 heteroatoms. The molecule has 30 heavy (non-hydrogen) atoms. The van der Waals surface area contributed by atoms with E-state index in [-0.39, 0.29) is 23.7 Å². The fourth-order valence-electron chi connectivity index (χ4n) is 4.21. The highest BCUT2D eigenvalue weighted by Gasteiger charge is 2.36. The van der Waals surface area contributed by atoms with E-state index in [0.29, 0.717) is 22.7 Å².